The molecule has 1 N–H and O–H groups in total. The third-order valence-electron chi connectivity index (χ3n) is 4.17. The highest BCUT2D eigenvalue weighted by Crippen LogP contribution is 2.38. The molecule has 0 spiro atoms. The summed E-state index contributed by atoms with van der Waals surface area (Å²) in [5, 5.41) is 2.17. The molecule has 0 aromatic heterocycles. The van der Waals surface area contributed by atoms with Crippen molar-refractivity contribution < 1.29 is 23.9 Å². The average molecular weight is 570 g/mol. The molecule has 162 valence electrons. The van der Waals surface area contributed by atoms with Gasteiger partial charge in [0.25, 0.3) is 11.1 Å². The van der Waals surface area contributed by atoms with E-state index in [4.69, 9.17) is 9.47 Å². The number of carbonyl (C=O) groups is 3. The summed E-state index contributed by atoms with van der Waals surface area (Å²) < 4.78 is 12.4. The van der Waals surface area contributed by atoms with Crippen LogP contribution in [0.1, 0.15) is 12.5 Å². The second-order valence-electron chi connectivity index (χ2n) is 6.28. The molecule has 3 amide bonds. The van der Waals surface area contributed by atoms with Gasteiger partial charge in [0, 0.05) is 14.6 Å². The van der Waals surface area contributed by atoms with Crippen molar-refractivity contribution in [2.75, 3.05) is 25.6 Å². The maximum absolute atomic E-state index is 12.7. The van der Waals surface area contributed by atoms with E-state index < -0.39 is 17.1 Å². The minimum absolute atomic E-state index is 0.216. The lowest BCUT2D eigenvalue weighted by molar-refractivity contribution is -0.127. The Morgan fingerprint density at radius 2 is 1.87 bits per heavy atom. The molecule has 1 fully saturated rings. The van der Waals surface area contributed by atoms with Gasteiger partial charge in [0.2, 0.25) is 5.91 Å². The molecule has 1 heterocycles. The molecule has 1 saturated heterocycles. The van der Waals surface area contributed by atoms with Gasteiger partial charge in [-0.25, -0.2) is 0 Å². The highest BCUT2D eigenvalue weighted by molar-refractivity contribution is 9.10. The predicted molar refractivity (Wildman–Crippen MR) is 127 cm³/mol. The molecule has 2 aromatic rings. The highest BCUT2D eigenvalue weighted by atomic mass is 79.9. The largest absolute Gasteiger partial charge is 0.493 e. The number of methoxy groups -OCH3 is 1. The fourth-order valence-electron chi connectivity index (χ4n) is 2.74. The summed E-state index contributed by atoms with van der Waals surface area (Å²) in [6, 6.07) is 10.4. The second-order valence-corrected chi connectivity index (χ2v) is 9.04. The normalized spacial score (nSPS) is 14.8. The number of imide groups is 1. The first kappa shape index (κ1) is 23.4. The maximum Gasteiger partial charge on any atom is 0.294 e. The minimum atomic E-state index is -0.527. The topological polar surface area (TPSA) is 84.9 Å². The zero-order valence-electron chi connectivity index (χ0n) is 16.6. The van der Waals surface area contributed by atoms with Gasteiger partial charge in [-0.15, -0.1) is 0 Å². The van der Waals surface area contributed by atoms with Crippen LogP contribution in [0, 0.1) is 0 Å². The van der Waals surface area contributed by atoms with Gasteiger partial charge in [0.15, 0.2) is 11.5 Å². The second kappa shape index (κ2) is 10.3. The Labute approximate surface area is 200 Å². The highest BCUT2D eigenvalue weighted by Gasteiger charge is 2.36. The van der Waals surface area contributed by atoms with E-state index in [1.54, 1.807) is 42.5 Å². The third kappa shape index (κ3) is 5.69. The van der Waals surface area contributed by atoms with Gasteiger partial charge < -0.3 is 14.8 Å². The van der Waals surface area contributed by atoms with Gasteiger partial charge in [0.05, 0.1) is 18.6 Å². The van der Waals surface area contributed by atoms with Gasteiger partial charge in [-0.1, -0.05) is 31.9 Å². The van der Waals surface area contributed by atoms with Crippen LogP contribution in [0.5, 0.6) is 11.5 Å². The van der Waals surface area contributed by atoms with E-state index in [-0.39, 0.29) is 11.4 Å². The average Bonchev–Trinajstić information content (AvgIpc) is 2.99. The summed E-state index contributed by atoms with van der Waals surface area (Å²) in [5.74, 6) is 0.0756. The van der Waals surface area contributed by atoms with Crippen molar-refractivity contribution in [2.24, 2.45) is 0 Å². The van der Waals surface area contributed by atoms with Crippen molar-refractivity contribution in [3.63, 3.8) is 0 Å². The number of carbonyl (C=O) groups excluding carboxylic acids is 3. The molecular formula is C21H18Br2N2O5S. The number of thioether (sulfide) groups is 1. The van der Waals surface area contributed by atoms with E-state index >= 15 is 0 Å². The first-order valence-electron chi connectivity index (χ1n) is 9.13. The van der Waals surface area contributed by atoms with Crippen LogP contribution in [0.15, 0.2) is 50.2 Å². The lowest BCUT2D eigenvalue weighted by Gasteiger charge is -2.13. The van der Waals surface area contributed by atoms with Crippen molar-refractivity contribution in [1.82, 2.24) is 4.90 Å². The Bertz CT molecular complexity index is 1060. The van der Waals surface area contributed by atoms with Crippen LogP contribution in [0.2, 0.25) is 0 Å². The third-order valence-corrected chi connectivity index (χ3v) is 6.30. The zero-order valence-corrected chi connectivity index (χ0v) is 20.6. The molecule has 10 heteroatoms. The Morgan fingerprint density at radius 1 is 1.16 bits per heavy atom. The number of hydrogen-bond acceptors (Lipinski definition) is 6. The van der Waals surface area contributed by atoms with Gasteiger partial charge in [-0.2, -0.15) is 0 Å². The van der Waals surface area contributed by atoms with Gasteiger partial charge in [-0.3, -0.25) is 19.3 Å². The number of amides is 3. The van der Waals surface area contributed by atoms with E-state index in [0.717, 1.165) is 21.1 Å². The fourth-order valence-corrected chi connectivity index (χ4v) is 4.27. The van der Waals surface area contributed by atoms with Crippen molar-refractivity contribution in [2.45, 2.75) is 6.92 Å². The van der Waals surface area contributed by atoms with Crippen LogP contribution in [-0.4, -0.2) is 42.2 Å². The molecule has 0 saturated carbocycles. The van der Waals surface area contributed by atoms with Crippen LogP contribution in [0.4, 0.5) is 10.5 Å². The first-order valence-corrected chi connectivity index (χ1v) is 11.5. The smallest absolute Gasteiger partial charge is 0.294 e. The summed E-state index contributed by atoms with van der Waals surface area (Å²) in [5.41, 5.74) is 1.21. The quantitative estimate of drug-likeness (QED) is 0.456. The number of hydrogen-bond donors (Lipinski definition) is 1. The summed E-state index contributed by atoms with van der Waals surface area (Å²) >= 11 is 7.56. The van der Waals surface area contributed by atoms with Crippen LogP contribution in [0.25, 0.3) is 6.08 Å². The number of benzene rings is 2. The van der Waals surface area contributed by atoms with Gasteiger partial charge in [0.1, 0.15) is 6.54 Å². The standard InChI is InChI=1S/C21H18Br2N2O5S/c1-3-30-17-10-15(23)12(8-16(17)29-2)9-18-20(27)25(21(28)31-18)11-19(26)24-14-6-4-13(22)5-7-14/h4-10H,3,11H2,1-2H3,(H,24,26)/b18-9-. The molecule has 0 unspecified atom stereocenters. The van der Waals surface area contributed by atoms with E-state index in [9.17, 15) is 14.4 Å². The molecule has 0 radical (unpaired) electrons. The van der Waals surface area contributed by atoms with Crippen LogP contribution in [-0.2, 0) is 9.59 Å². The molecule has 2 aromatic carbocycles. The zero-order chi connectivity index (χ0) is 22.5. The molecular weight excluding hydrogens is 552 g/mol. The van der Waals surface area contributed by atoms with Gasteiger partial charge in [-0.05, 0) is 66.7 Å². The number of nitrogens with zero attached hydrogens (tertiary/aromatic N) is 1. The predicted octanol–water partition coefficient (Wildman–Crippen LogP) is 5.29. The summed E-state index contributed by atoms with van der Waals surface area (Å²) in [7, 11) is 1.52. The SMILES string of the molecule is CCOc1cc(Br)c(/C=C2\SC(=O)N(CC(=O)Nc3ccc(Br)cc3)C2=O)cc1OC. The number of ether oxygens (including phenoxy) is 2. The molecule has 7 nitrogen and oxygen atoms in total. The van der Waals surface area contributed by atoms with E-state index in [1.165, 1.54) is 7.11 Å². The molecule has 1 aliphatic heterocycles. The summed E-state index contributed by atoms with van der Waals surface area (Å²) in [4.78, 5) is 38.5. The molecule has 0 atom stereocenters. The van der Waals surface area contributed by atoms with Crippen molar-refractivity contribution in [1.29, 1.82) is 0 Å². The minimum Gasteiger partial charge on any atom is -0.493 e. The Balaban J connectivity index is 1.75. The molecule has 0 bridgehead atoms. The Hall–Kier alpha value is -2.30. The lowest BCUT2D eigenvalue weighted by atomic mass is 10.2. The fraction of sp³-hybridized carbons (Fsp3) is 0.190. The van der Waals surface area contributed by atoms with Crippen molar-refractivity contribution in [3.8, 4) is 11.5 Å². The van der Waals surface area contributed by atoms with Crippen molar-refractivity contribution >= 4 is 72.4 Å². The number of halogens is 2. The maximum atomic E-state index is 12.7. The number of anilines is 1. The summed E-state index contributed by atoms with van der Waals surface area (Å²) in [6.45, 7) is 1.97. The van der Waals surface area contributed by atoms with Crippen LogP contribution < -0.4 is 14.8 Å². The van der Waals surface area contributed by atoms with Crippen molar-refractivity contribution in [3.05, 3.63) is 55.8 Å². The van der Waals surface area contributed by atoms with E-state index in [0.29, 0.717) is 33.8 Å². The first-order chi connectivity index (χ1) is 14.8. The summed E-state index contributed by atoms with van der Waals surface area (Å²) in [6.07, 6.45) is 1.58. The van der Waals surface area contributed by atoms with Gasteiger partial charge >= 0.3 is 0 Å². The van der Waals surface area contributed by atoms with E-state index in [2.05, 4.69) is 37.2 Å². The monoisotopic (exact) mass is 568 g/mol. The number of rotatable bonds is 7. The molecule has 0 aliphatic carbocycles. The Morgan fingerprint density at radius 3 is 2.52 bits per heavy atom. The van der Waals surface area contributed by atoms with E-state index in [1.807, 2.05) is 6.92 Å². The van der Waals surface area contributed by atoms with Crippen LogP contribution >= 0.6 is 43.6 Å². The molecule has 1 aliphatic rings. The molecule has 31 heavy (non-hydrogen) atoms. The Kier molecular flexibility index (Phi) is 7.79. The lowest BCUT2D eigenvalue weighted by Crippen LogP contribution is -2.36. The van der Waals surface area contributed by atoms with Crippen LogP contribution in [0.3, 0.4) is 0 Å². The number of nitrogens with one attached hydrogen (secondary N) is 1. The molecule has 3 rings (SSSR count).